The van der Waals surface area contributed by atoms with Gasteiger partial charge in [0, 0.05) is 22.6 Å². The molecule has 6 rings (SSSR count). The van der Waals surface area contributed by atoms with E-state index in [0.29, 0.717) is 22.8 Å². The molecule has 0 fully saturated rings. The van der Waals surface area contributed by atoms with Crippen molar-refractivity contribution in [1.82, 2.24) is 5.01 Å². The summed E-state index contributed by atoms with van der Waals surface area (Å²) in [6, 6.07) is 33.2. The Morgan fingerprint density at radius 3 is 2.18 bits per heavy atom. The Hall–Kier alpha value is -3.89. The van der Waals surface area contributed by atoms with Gasteiger partial charge in [0.2, 0.25) is 5.78 Å². The van der Waals surface area contributed by atoms with E-state index in [2.05, 4.69) is 12.1 Å². The van der Waals surface area contributed by atoms with Gasteiger partial charge in [-0.3, -0.25) is 4.79 Å². The average Bonchev–Trinajstić information content (AvgIpc) is 3.35. The van der Waals surface area contributed by atoms with Crippen molar-refractivity contribution in [3.05, 3.63) is 125 Å². The van der Waals surface area contributed by atoms with Gasteiger partial charge in [0.1, 0.15) is 5.75 Å². The van der Waals surface area contributed by atoms with E-state index in [1.165, 1.54) is 0 Å². The third kappa shape index (κ3) is 3.66. The number of ether oxygens (including phenoxy) is 1. The summed E-state index contributed by atoms with van der Waals surface area (Å²) < 4.78 is 6.23. The molecule has 0 bridgehead atoms. The predicted molar refractivity (Wildman–Crippen MR) is 134 cm³/mol. The third-order valence-corrected chi connectivity index (χ3v) is 6.59. The number of hydrogen-bond acceptors (Lipinski definition) is 4. The molecule has 0 aliphatic carbocycles. The van der Waals surface area contributed by atoms with Gasteiger partial charge in [0.15, 0.2) is 0 Å². The van der Waals surface area contributed by atoms with Gasteiger partial charge < -0.3 is 4.74 Å². The summed E-state index contributed by atoms with van der Waals surface area (Å²) in [6.45, 7) is 0. The molecule has 4 nitrogen and oxygen atoms in total. The number of hydrogen-bond donors (Lipinski definition) is 0. The summed E-state index contributed by atoms with van der Waals surface area (Å²) in [4.78, 5) is 13.6. The van der Waals surface area contributed by atoms with Crippen LogP contribution in [0.4, 0.5) is 0 Å². The highest BCUT2D eigenvalue weighted by Gasteiger charge is 2.43. The number of halogens is 1. The van der Waals surface area contributed by atoms with E-state index < -0.39 is 6.23 Å². The fourth-order valence-corrected chi connectivity index (χ4v) is 4.82. The lowest BCUT2D eigenvalue weighted by atomic mass is 9.95. The van der Waals surface area contributed by atoms with Crippen LogP contribution in [0.5, 0.6) is 5.75 Å². The summed E-state index contributed by atoms with van der Waals surface area (Å²) in [5, 5.41) is 7.30. The second-order valence-corrected chi connectivity index (χ2v) is 8.91. The Labute approximate surface area is 203 Å². The molecule has 4 aromatic carbocycles. The van der Waals surface area contributed by atoms with Gasteiger partial charge in [-0.1, -0.05) is 96.5 Å². The van der Waals surface area contributed by atoms with Crippen molar-refractivity contribution in [3.63, 3.8) is 0 Å². The van der Waals surface area contributed by atoms with E-state index in [1.54, 1.807) is 11.1 Å². The molecule has 34 heavy (non-hydrogen) atoms. The van der Waals surface area contributed by atoms with Crippen LogP contribution >= 0.6 is 11.6 Å². The predicted octanol–water partition coefficient (Wildman–Crippen LogP) is 6.76. The minimum atomic E-state index is -0.845. The first-order chi connectivity index (χ1) is 16.7. The highest BCUT2D eigenvalue weighted by atomic mass is 35.5. The maximum Gasteiger partial charge on any atom is 0.251 e. The van der Waals surface area contributed by atoms with Crippen LogP contribution < -0.4 is 4.74 Å². The molecule has 2 aliphatic heterocycles. The monoisotopic (exact) mass is 464 g/mol. The Balaban J connectivity index is 1.36. The molecule has 2 heterocycles. The quantitative estimate of drug-likeness (QED) is 0.313. The first kappa shape index (κ1) is 20.7. The number of ketones is 1. The summed E-state index contributed by atoms with van der Waals surface area (Å²) in [6.07, 6.45) is -0.167. The number of rotatable bonds is 4. The summed E-state index contributed by atoms with van der Waals surface area (Å²) in [7, 11) is 0. The normalized spacial score (nSPS) is 18.5. The summed E-state index contributed by atoms with van der Waals surface area (Å²) >= 11 is 6.30. The van der Waals surface area contributed by atoms with E-state index in [1.807, 2.05) is 84.9 Å². The lowest BCUT2D eigenvalue weighted by Gasteiger charge is -2.37. The highest BCUT2D eigenvalue weighted by molar-refractivity contribution is 6.30. The number of hydrazone groups is 1. The van der Waals surface area contributed by atoms with Crippen molar-refractivity contribution in [2.75, 3.05) is 0 Å². The number of benzene rings is 4. The van der Waals surface area contributed by atoms with Crippen molar-refractivity contribution in [3.8, 4) is 16.9 Å². The molecule has 0 N–H and O–H groups in total. The molecule has 0 amide bonds. The van der Waals surface area contributed by atoms with Gasteiger partial charge >= 0.3 is 0 Å². The smallest absolute Gasteiger partial charge is 0.251 e. The molecule has 0 unspecified atom stereocenters. The lowest BCUT2D eigenvalue weighted by molar-refractivity contribution is -0.00454. The topological polar surface area (TPSA) is 41.9 Å². The first-order valence-corrected chi connectivity index (χ1v) is 11.6. The summed E-state index contributed by atoms with van der Waals surface area (Å²) in [5.74, 6) is 0.553. The molecule has 166 valence electrons. The van der Waals surface area contributed by atoms with Crippen molar-refractivity contribution in [2.45, 2.75) is 18.7 Å². The van der Waals surface area contributed by atoms with E-state index in [0.717, 1.165) is 28.0 Å². The van der Waals surface area contributed by atoms with E-state index in [-0.39, 0.29) is 11.8 Å². The SMILES string of the molecule is O=C(c1ccc(-c2ccccc2)cc1)[C@@H]1Oc2ccc(Cl)cc2[C@H]2CC(c3ccccc3)=NN21. The maximum absolute atomic E-state index is 13.6. The number of Topliss-reactive ketones (excluding diaryl/α,β-unsaturated/α-hetero) is 1. The standard InChI is InChI=1S/C29H21ClN2O2/c30-23-15-16-27-24(17-23)26-18-25(21-9-5-2-6-10-21)31-32(26)29(34-27)28(33)22-13-11-20(12-14-22)19-7-3-1-4-8-19/h1-17,26,29H,18H2/t26-,29+/m1/s1. The van der Waals surface area contributed by atoms with Crippen LogP contribution in [0.3, 0.4) is 0 Å². The average molecular weight is 465 g/mol. The van der Waals surface area contributed by atoms with Gasteiger partial charge in [-0.25, -0.2) is 5.01 Å². The number of nitrogens with zero attached hydrogens (tertiary/aromatic N) is 2. The van der Waals surface area contributed by atoms with Crippen LogP contribution in [0.2, 0.25) is 5.02 Å². The Morgan fingerprint density at radius 1 is 0.824 bits per heavy atom. The minimum Gasteiger partial charge on any atom is -0.461 e. The molecule has 0 aromatic heterocycles. The largest absolute Gasteiger partial charge is 0.461 e. The molecule has 0 saturated heterocycles. The molecule has 0 saturated carbocycles. The molecule has 2 atom stereocenters. The highest BCUT2D eigenvalue weighted by Crippen LogP contribution is 2.44. The van der Waals surface area contributed by atoms with E-state index in [4.69, 9.17) is 21.4 Å². The molecular formula is C29H21ClN2O2. The fourth-order valence-electron chi connectivity index (χ4n) is 4.64. The molecule has 5 heteroatoms. The molecular weight excluding hydrogens is 444 g/mol. The van der Waals surface area contributed by atoms with Gasteiger partial charge in [-0.2, -0.15) is 5.10 Å². The number of carbonyl (C=O) groups excluding carboxylic acids is 1. The zero-order valence-corrected chi connectivity index (χ0v) is 19.0. The second-order valence-electron chi connectivity index (χ2n) is 8.47. The van der Waals surface area contributed by atoms with Crippen molar-refractivity contribution < 1.29 is 9.53 Å². The molecule has 0 spiro atoms. The second kappa shape index (κ2) is 8.47. The number of carbonyl (C=O) groups is 1. The first-order valence-electron chi connectivity index (χ1n) is 11.2. The van der Waals surface area contributed by atoms with Crippen LogP contribution in [-0.2, 0) is 0 Å². The van der Waals surface area contributed by atoms with Gasteiger partial charge in [0.25, 0.3) is 6.23 Å². The number of fused-ring (bicyclic) bond motifs is 3. The van der Waals surface area contributed by atoms with E-state index in [9.17, 15) is 4.79 Å². The van der Waals surface area contributed by atoms with Crippen LogP contribution in [-0.4, -0.2) is 22.7 Å². The molecule has 0 radical (unpaired) electrons. The van der Waals surface area contributed by atoms with Gasteiger partial charge in [-0.15, -0.1) is 0 Å². The summed E-state index contributed by atoms with van der Waals surface area (Å²) in [5.41, 5.74) is 5.68. The Kier molecular flexibility index (Phi) is 5.16. The van der Waals surface area contributed by atoms with Crippen molar-refractivity contribution in [1.29, 1.82) is 0 Å². The fraction of sp³-hybridized carbons (Fsp3) is 0.103. The van der Waals surface area contributed by atoms with Crippen LogP contribution in [0.1, 0.15) is 33.9 Å². The van der Waals surface area contributed by atoms with Crippen LogP contribution in [0, 0.1) is 0 Å². The zero-order chi connectivity index (χ0) is 23.1. The van der Waals surface area contributed by atoms with Gasteiger partial charge in [0.05, 0.1) is 11.8 Å². The Bertz CT molecular complexity index is 1390. The third-order valence-electron chi connectivity index (χ3n) is 6.36. The minimum absolute atomic E-state index is 0.116. The maximum atomic E-state index is 13.6. The lowest BCUT2D eigenvalue weighted by Crippen LogP contribution is -2.45. The molecule has 2 aliphatic rings. The zero-order valence-electron chi connectivity index (χ0n) is 18.3. The van der Waals surface area contributed by atoms with Crippen LogP contribution in [0.15, 0.2) is 108 Å². The van der Waals surface area contributed by atoms with E-state index >= 15 is 0 Å². The van der Waals surface area contributed by atoms with Crippen molar-refractivity contribution >= 4 is 23.1 Å². The molecule has 4 aromatic rings. The Morgan fingerprint density at radius 2 is 1.47 bits per heavy atom. The van der Waals surface area contributed by atoms with Gasteiger partial charge in [-0.05, 0) is 34.9 Å². The van der Waals surface area contributed by atoms with Crippen LogP contribution in [0.25, 0.3) is 11.1 Å². The van der Waals surface area contributed by atoms with Crippen molar-refractivity contribution in [2.24, 2.45) is 5.10 Å².